The zero-order valence-electron chi connectivity index (χ0n) is 23.7. The monoisotopic (exact) mass is 550 g/mol. The summed E-state index contributed by atoms with van der Waals surface area (Å²) in [6.45, 7) is 8.82. The molecule has 1 aliphatic heterocycles. The van der Waals surface area contributed by atoms with Crippen LogP contribution in [0.15, 0.2) is 30.5 Å². The Kier molecular flexibility index (Phi) is 8.93. The van der Waals surface area contributed by atoms with Crippen LogP contribution >= 0.6 is 0 Å². The summed E-state index contributed by atoms with van der Waals surface area (Å²) in [5, 5.41) is 11.5. The van der Waals surface area contributed by atoms with Gasteiger partial charge in [0.05, 0.1) is 36.9 Å². The van der Waals surface area contributed by atoms with E-state index in [2.05, 4.69) is 15.6 Å². The van der Waals surface area contributed by atoms with E-state index in [1.807, 2.05) is 29.8 Å². The Morgan fingerprint density at radius 3 is 2.83 bits per heavy atom. The number of rotatable bonds is 3. The minimum Gasteiger partial charge on any atom is -0.495 e. The number of carbonyl (C=O) groups excluding carboxylic acids is 2. The highest BCUT2D eigenvalue weighted by Crippen LogP contribution is 2.37. The standard InChI is InChI=1S/C29H38N6O5/c1-18-11-13-35-26-20(8-6-7-14-39-15-12-23(36)32-18)17-31-27(30)24(26)25(34-35)19-9-10-21(22(16-19)38-5)33-28(37)40-29(2,3)4/h6,8-10,16-18H,7,11-15H2,1-5H3,(H2,30,31)(H,32,36)(H,33,37)/b8-6+/t18-/m1/s1. The first-order valence-electron chi connectivity index (χ1n) is 13.4. The number of aromatic nitrogens is 3. The molecule has 2 aromatic heterocycles. The Balaban J connectivity index is 1.76. The van der Waals surface area contributed by atoms with Gasteiger partial charge < -0.3 is 25.3 Å². The molecule has 11 nitrogen and oxygen atoms in total. The van der Waals surface area contributed by atoms with Crippen molar-refractivity contribution in [1.29, 1.82) is 0 Å². The fourth-order valence-corrected chi connectivity index (χ4v) is 4.47. The van der Waals surface area contributed by atoms with Gasteiger partial charge in [0.25, 0.3) is 0 Å². The molecule has 40 heavy (non-hydrogen) atoms. The van der Waals surface area contributed by atoms with E-state index in [-0.39, 0.29) is 11.9 Å². The van der Waals surface area contributed by atoms with Crippen LogP contribution in [0.1, 0.15) is 52.5 Å². The zero-order chi connectivity index (χ0) is 28.9. The number of ether oxygens (including phenoxy) is 3. The van der Waals surface area contributed by atoms with Gasteiger partial charge in [0.15, 0.2) is 0 Å². The highest BCUT2D eigenvalue weighted by molar-refractivity contribution is 6.04. The summed E-state index contributed by atoms with van der Waals surface area (Å²) in [5.41, 5.74) is 9.38. The summed E-state index contributed by atoms with van der Waals surface area (Å²) < 4.78 is 18.5. The number of hydrogen-bond donors (Lipinski definition) is 3. The largest absolute Gasteiger partial charge is 0.495 e. The second-order valence-electron chi connectivity index (χ2n) is 10.7. The summed E-state index contributed by atoms with van der Waals surface area (Å²) >= 11 is 0. The van der Waals surface area contributed by atoms with Crippen molar-refractivity contribution in [1.82, 2.24) is 20.1 Å². The highest BCUT2D eigenvalue weighted by atomic mass is 16.6. The number of carbonyl (C=O) groups is 2. The third-order valence-corrected chi connectivity index (χ3v) is 6.32. The SMILES string of the molecule is COc1cc(-c2nn3c4c(cnc(N)c24)/C=C/CCOCCC(=O)N[C@H](C)CC3)ccc1NC(=O)OC(C)(C)C. The summed E-state index contributed by atoms with van der Waals surface area (Å²) in [6, 6.07) is 5.33. The molecule has 4 rings (SSSR count). The molecule has 214 valence electrons. The zero-order valence-corrected chi connectivity index (χ0v) is 23.7. The molecule has 11 heteroatoms. The number of methoxy groups -OCH3 is 1. The Labute approximate surface area is 234 Å². The van der Waals surface area contributed by atoms with E-state index >= 15 is 0 Å². The Morgan fingerprint density at radius 1 is 1.27 bits per heavy atom. The average Bonchev–Trinajstić information content (AvgIpc) is 3.27. The first-order valence-corrected chi connectivity index (χ1v) is 13.4. The van der Waals surface area contributed by atoms with Crippen LogP contribution in [0.25, 0.3) is 28.2 Å². The molecule has 1 aromatic carbocycles. The average molecular weight is 551 g/mol. The van der Waals surface area contributed by atoms with Gasteiger partial charge in [-0.2, -0.15) is 5.10 Å². The van der Waals surface area contributed by atoms with Crippen molar-refractivity contribution < 1.29 is 23.8 Å². The maximum Gasteiger partial charge on any atom is 0.412 e. The van der Waals surface area contributed by atoms with Crippen molar-refractivity contribution in [3.8, 4) is 17.0 Å². The number of nitrogens with zero attached hydrogens (tertiary/aromatic N) is 3. The van der Waals surface area contributed by atoms with Gasteiger partial charge in [-0.25, -0.2) is 9.78 Å². The fourth-order valence-electron chi connectivity index (χ4n) is 4.47. The van der Waals surface area contributed by atoms with Crippen molar-refractivity contribution in [3.05, 3.63) is 36.0 Å². The summed E-state index contributed by atoms with van der Waals surface area (Å²) in [4.78, 5) is 29.1. The van der Waals surface area contributed by atoms with Gasteiger partial charge in [0.1, 0.15) is 22.9 Å². The summed E-state index contributed by atoms with van der Waals surface area (Å²) in [5.74, 6) is 0.760. The lowest BCUT2D eigenvalue weighted by molar-refractivity contribution is -0.122. The lowest BCUT2D eigenvalue weighted by Crippen LogP contribution is -2.34. The molecule has 3 aromatic rings. The van der Waals surface area contributed by atoms with Crippen molar-refractivity contribution in [2.75, 3.05) is 31.4 Å². The topological polar surface area (TPSA) is 143 Å². The maximum absolute atomic E-state index is 12.4. The predicted octanol–water partition coefficient (Wildman–Crippen LogP) is 4.75. The lowest BCUT2D eigenvalue weighted by atomic mass is 10.1. The van der Waals surface area contributed by atoms with Crippen molar-refractivity contribution in [2.45, 2.75) is 65.1 Å². The molecule has 3 heterocycles. The van der Waals surface area contributed by atoms with Gasteiger partial charge in [-0.15, -0.1) is 0 Å². The normalized spacial score (nSPS) is 17.8. The highest BCUT2D eigenvalue weighted by Gasteiger charge is 2.22. The van der Waals surface area contributed by atoms with E-state index in [9.17, 15) is 9.59 Å². The summed E-state index contributed by atoms with van der Waals surface area (Å²) in [6.07, 6.45) is 6.86. The minimum atomic E-state index is -0.635. The molecule has 0 fully saturated rings. The number of nitrogens with one attached hydrogen (secondary N) is 2. The van der Waals surface area contributed by atoms with E-state index < -0.39 is 11.7 Å². The number of aryl methyl sites for hydroxylation is 1. The second-order valence-corrected chi connectivity index (χ2v) is 10.7. The predicted molar refractivity (Wildman–Crippen MR) is 155 cm³/mol. The van der Waals surface area contributed by atoms with E-state index in [0.717, 1.165) is 16.6 Å². The van der Waals surface area contributed by atoms with Crippen LogP contribution in [0, 0.1) is 0 Å². The Morgan fingerprint density at radius 2 is 2.08 bits per heavy atom. The molecule has 1 atom stereocenters. The third kappa shape index (κ3) is 7.09. The van der Waals surface area contributed by atoms with Gasteiger partial charge in [0.2, 0.25) is 5.91 Å². The molecular formula is C29H38N6O5. The maximum atomic E-state index is 12.4. The van der Waals surface area contributed by atoms with Crippen molar-refractivity contribution in [3.63, 3.8) is 0 Å². The van der Waals surface area contributed by atoms with Crippen molar-refractivity contribution in [2.24, 2.45) is 0 Å². The number of amides is 2. The van der Waals surface area contributed by atoms with E-state index in [1.54, 1.807) is 39.1 Å². The van der Waals surface area contributed by atoms with E-state index in [1.165, 1.54) is 7.11 Å². The molecule has 0 aliphatic carbocycles. The number of anilines is 2. The van der Waals surface area contributed by atoms with Crippen LogP contribution in [-0.2, 0) is 20.8 Å². The van der Waals surface area contributed by atoms with Gasteiger partial charge in [-0.3, -0.25) is 14.8 Å². The Bertz CT molecular complexity index is 1410. The van der Waals surface area contributed by atoms with Crippen molar-refractivity contribution >= 4 is 40.5 Å². The Hall–Kier alpha value is -4.12. The number of nitrogens with two attached hydrogens (primary N) is 1. The molecule has 1 aliphatic rings. The number of benzene rings is 1. The van der Waals surface area contributed by atoms with Crippen LogP contribution in [0.3, 0.4) is 0 Å². The second kappa shape index (κ2) is 12.4. The van der Waals surface area contributed by atoms with Crippen LogP contribution in [0.2, 0.25) is 0 Å². The quantitative estimate of drug-likeness (QED) is 0.424. The van der Waals surface area contributed by atoms with Crippen LogP contribution in [-0.4, -0.2) is 58.7 Å². The van der Waals surface area contributed by atoms with Gasteiger partial charge in [-0.1, -0.05) is 18.2 Å². The van der Waals surface area contributed by atoms with Crippen LogP contribution in [0.5, 0.6) is 5.75 Å². The molecular weight excluding hydrogens is 512 g/mol. The van der Waals surface area contributed by atoms with Gasteiger partial charge >= 0.3 is 6.09 Å². The van der Waals surface area contributed by atoms with Gasteiger partial charge in [-0.05, 0) is 52.7 Å². The molecule has 0 bridgehead atoms. The molecule has 0 radical (unpaired) electrons. The first-order chi connectivity index (χ1) is 19.1. The van der Waals surface area contributed by atoms with Gasteiger partial charge in [0, 0.05) is 36.3 Å². The number of pyridine rings is 1. The van der Waals surface area contributed by atoms with Crippen LogP contribution in [0.4, 0.5) is 16.3 Å². The molecule has 0 saturated carbocycles. The lowest BCUT2D eigenvalue weighted by Gasteiger charge is -2.20. The minimum absolute atomic E-state index is 0.0368. The van der Waals surface area contributed by atoms with Crippen LogP contribution < -0.4 is 21.1 Å². The molecule has 0 saturated heterocycles. The number of nitrogen functional groups attached to an aromatic ring is 1. The molecule has 0 unspecified atom stereocenters. The van der Waals surface area contributed by atoms with E-state index in [0.29, 0.717) is 67.4 Å². The molecule has 0 spiro atoms. The molecule has 2 amide bonds. The summed E-state index contributed by atoms with van der Waals surface area (Å²) in [7, 11) is 1.53. The fraction of sp³-hybridized carbons (Fsp3) is 0.448. The number of hydrogen-bond acceptors (Lipinski definition) is 8. The van der Waals surface area contributed by atoms with E-state index in [4.69, 9.17) is 25.0 Å². The first kappa shape index (κ1) is 28.9. The smallest absolute Gasteiger partial charge is 0.412 e. The molecule has 4 N–H and O–H groups in total. The third-order valence-electron chi connectivity index (χ3n) is 6.32.